The Morgan fingerprint density at radius 2 is 1.60 bits per heavy atom. The van der Waals surface area contributed by atoms with Crippen molar-refractivity contribution in [3.63, 3.8) is 0 Å². The van der Waals surface area contributed by atoms with Gasteiger partial charge in [0.2, 0.25) is 0 Å². The third-order valence-electron chi connectivity index (χ3n) is 4.24. The lowest BCUT2D eigenvalue weighted by molar-refractivity contribution is 0.102. The molecule has 0 saturated heterocycles. The third kappa shape index (κ3) is 4.64. The molecule has 0 bridgehead atoms. The first kappa shape index (κ1) is 19.2. The fourth-order valence-electron chi connectivity index (χ4n) is 2.82. The van der Waals surface area contributed by atoms with Crippen LogP contribution in [0, 0.1) is 11.6 Å². The number of nitrogens with zero attached hydrogens (tertiary/aromatic N) is 2. The molecule has 4 aromatic rings. The normalized spacial score (nSPS) is 10.5. The molecule has 0 spiro atoms. The second-order valence-corrected chi connectivity index (χ2v) is 6.44. The number of rotatable bonds is 5. The number of carbonyl (C=O) groups excluding carboxylic acids is 1. The van der Waals surface area contributed by atoms with Crippen LogP contribution in [0.4, 0.5) is 26.0 Å². The van der Waals surface area contributed by atoms with Crippen LogP contribution in [-0.4, -0.2) is 15.9 Å². The Hall–Kier alpha value is -4.13. The summed E-state index contributed by atoms with van der Waals surface area (Å²) in [5.41, 5.74) is 2.12. The Balaban J connectivity index is 1.51. The number of amides is 1. The first-order chi connectivity index (χ1) is 14.6. The highest BCUT2D eigenvalue weighted by molar-refractivity contribution is 6.04. The molecule has 1 amide bonds. The van der Waals surface area contributed by atoms with Gasteiger partial charge in [0.1, 0.15) is 17.5 Å². The van der Waals surface area contributed by atoms with Gasteiger partial charge in [-0.15, -0.1) is 0 Å². The Kier molecular flexibility index (Phi) is 5.43. The van der Waals surface area contributed by atoms with Crippen LogP contribution in [0.1, 0.15) is 10.4 Å². The smallest absolute Gasteiger partial charge is 0.255 e. The van der Waals surface area contributed by atoms with Crippen molar-refractivity contribution in [3.8, 4) is 11.4 Å². The van der Waals surface area contributed by atoms with E-state index in [9.17, 15) is 13.6 Å². The minimum atomic E-state index is -0.373. The summed E-state index contributed by atoms with van der Waals surface area (Å²) in [7, 11) is 0. The maximum atomic E-state index is 13.5. The highest BCUT2D eigenvalue weighted by Gasteiger charge is 2.09. The van der Waals surface area contributed by atoms with Gasteiger partial charge < -0.3 is 10.6 Å². The zero-order chi connectivity index (χ0) is 20.9. The summed E-state index contributed by atoms with van der Waals surface area (Å²) < 4.78 is 26.5. The number of benzene rings is 3. The van der Waals surface area contributed by atoms with Crippen LogP contribution in [0.25, 0.3) is 11.4 Å². The largest absolute Gasteiger partial charge is 0.340 e. The highest BCUT2D eigenvalue weighted by atomic mass is 19.1. The number of halogens is 2. The first-order valence-electron chi connectivity index (χ1n) is 9.10. The van der Waals surface area contributed by atoms with Gasteiger partial charge in [-0.2, -0.15) is 0 Å². The molecule has 5 nitrogen and oxygen atoms in total. The van der Waals surface area contributed by atoms with Gasteiger partial charge in [0.15, 0.2) is 5.82 Å². The van der Waals surface area contributed by atoms with Crippen LogP contribution in [0.2, 0.25) is 0 Å². The summed E-state index contributed by atoms with van der Waals surface area (Å²) in [5, 5.41) is 5.84. The molecule has 0 radical (unpaired) electrons. The Morgan fingerprint density at radius 3 is 2.40 bits per heavy atom. The highest BCUT2D eigenvalue weighted by Crippen LogP contribution is 2.21. The Bertz CT molecular complexity index is 1200. The number of carbonyl (C=O) groups is 1. The molecule has 3 aromatic carbocycles. The topological polar surface area (TPSA) is 66.9 Å². The van der Waals surface area contributed by atoms with E-state index in [0.717, 1.165) is 0 Å². The molecule has 0 aliphatic heterocycles. The van der Waals surface area contributed by atoms with Crippen LogP contribution in [-0.2, 0) is 0 Å². The molecule has 0 fully saturated rings. The van der Waals surface area contributed by atoms with Crippen LogP contribution in [0.15, 0.2) is 85.1 Å². The maximum absolute atomic E-state index is 13.5. The van der Waals surface area contributed by atoms with E-state index >= 15 is 0 Å². The second kappa shape index (κ2) is 8.48. The average molecular weight is 402 g/mol. The van der Waals surface area contributed by atoms with Gasteiger partial charge in [-0.3, -0.25) is 4.79 Å². The maximum Gasteiger partial charge on any atom is 0.255 e. The fraction of sp³-hybridized carbons (Fsp3) is 0. The molecule has 30 heavy (non-hydrogen) atoms. The van der Waals surface area contributed by atoms with Crippen LogP contribution >= 0.6 is 0 Å². The molecular weight excluding hydrogens is 386 g/mol. The lowest BCUT2D eigenvalue weighted by Crippen LogP contribution is -2.12. The molecule has 0 aliphatic carbocycles. The van der Waals surface area contributed by atoms with Crippen molar-refractivity contribution < 1.29 is 13.6 Å². The Labute approximate surface area is 171 Å². The van der Waals surface area contributed by atoms with E-state index in [0.29, 0.717) is 34.1 Å². The van der Waals surface area contributed by atoms with E-state index in [-0.39, 0.29) is 17.5 Å². The summed E-state index contributed by atoms with van der Waals surface area (Å²) in [6.07, 6.45) is 1.57. The number of nitrogens with one attached hydrogen (secondary N) is 2. The first-order valence-corrected chi connectivity index (χ1v) is 9.10. The van der Waals surface area contributed by atoms with Gasteiger partial charge in [0.25, 0.3) is 5.91 Å². The molecule has 1 heterocycles. The zero-order valence-corrected chi connectivity index (χ0v) is 15.6. The zero-order valence-electron chi connectivity index (χ0n) is 15.6. The fourth-order valence-corrected chi connectivity index (χ4v) is 2.82. The lowest BCUT2D eigenvalue weighted by atomic mass is 10.1. The summed E-state index contributed by atoms with van der Waals surface area (Å²) in [6.45, 7) is 0. The number of hydrogen-bond donors (Lipinski definition) is 2. The van der Waals surface area contributed by atoms with Crippen molar-refractivity contribution in [2.24, 2.45) is 0 Å². The van der Waals surface area contributed by atoms with Crippen molar-refractivity contribution in [2.45, 2.75) is 0 Å². The summed E-state index contributed by atoms with van der Waals surface area (Å²) in [6, 6.07) is 20.1. The average Bonchev–Trinajstić information content (AvgIpc) is 2.76. The molecule has 7 heteroatoms. The van der Waals surface area contributed by atoms with Gasteiger partial charge >= 0.3 is 0 Å². The van der Waals surface area contributed by atoms with E-state index in [4.69, 9.17) is 0 Å². The van der Waals surface area contributed by atoms with E-state index in [1.165, 1.54) is 36.4 Å². The van der Waals surface area contributed by atoms with Crippen molar-refractivity contribution in [2.75, 3.05) is 10.6 Å². The quantitative estimate of drug-likeness (QED) is 0.468. The molecule has 0 unspecified atom stereocenters. The van der Waals surface area contributed by atoms with Gasteiger partial charge in [0, 0.05) is 28.7 Å². The minimum Gasteiger partial charge on any atom is -0.340 e. The number of hydrogen-bond acceptors (Lipinski definition) is 4. The van der Waals surface area contributed by atoms with Gasteiger partial charge in [-0.25, -0.2) is 18.7 Å². The molecule has 0 aliphatic rings. The molecule has 148 valence electrons. The van der Waals surface area contributed by atoms with Crippen LogP contribution in [0.3, 0.4) is 0 Å². The van der Waals surface area contributed by atoms with E-state index in [1.807, 2.05) is 0 Å². The minimum absolute atomic E-state index is 0.326. The molecule has 4 rings (SSSR count). The van der Waals surface area contributed by atoms with Crippen molar-refractivity contribution in [1.82, 2.24) is 9.97 Å². The summed E-state index contributed by atoms with van der Waals surface area (Å²) in [5.74, 6) is -0.186. The summed E-state index contributed by atoms with van der Waals surface area (Å²) in [4.78, 5) is 21.1. The van der Waals surface area contributed by atoms with Crippen LogP contribution in [0.5, 0.6) is 0 Å². The van der Waals surface area contributed by atoms with E-state index in [2.05, 4.69) is 20.6 Å². The van der Waals surface area contributed by atoms with E-state index in [1.54, 1.807) is 48.7 Å². The predicted molar refractivity (Wildman–Crippen MR) is 112 cm³/mol. The molecule has 0 saturated carbocycles. The van der Waals surface area contributed by atoms with E-state index < -0.39 is 0 Å². The summed E-state index contributed by atoms with van der Waals surface area (Å²) >= 11 is 0. The van der Waals surface area contributed by atoms with Gasteiger partial charge in [-0.1, -0.05) is 18.2 Å². The molecular formula is C23H16F2N4O. The van der Waals surface area contributed by atoms with Gasteiger partial charge in [0.05, 0.1) is 0 Å². The predicted octanol–water partition coefficient (Wildman–Crippen LogP) is 5.42. The number of anilines is 3. The van der Waals surface area contributed by atoms with Crippen molar-refractivity contribution >= 4 is 23.1 Å². The monoisotopic (exact) mass is 402 g/mol. The lowest BCUT2D eigenvalue weighted by Gasteiger charge is -2.10. The van der Waals surface area contributed by atoms with Gasteiger partial charge in [-0.05, 0) is 60.7 Å². The SMILES string of the molecule is O=C(Nc1ccc(F)cc1)c1cccc(Nc2ccnc(-c3cccc(F)c3)n2)c1. The third-order valence-corrected chi connectivity index (χ3v) is 4.24. The van der Waals surface area contributed by atoms with Crippen molar-refractivity contribution in [1.29, 1.82) is 0 Å². The molecule has 0 atom stereocenters. The van der Waals surface area contributed by atoms with Crippen LogP contribution < -0.4 is 10.6 Å². The second-order valence-electron chi connectivity index (χ2n) is 6.44. The molecule has 2 N–H and O–H groups in total. The molecule has 1 aromatic heterocycles. The number of aromatic nitrogens is 2. The standard InChI is InChI=1S/C23H16F2N4O/c24-17-7-9-19(10-8-17)28-23(30)16-4-2-6-20(14-16)27-21-11-12-26-22(29-21)15-3-1-5-18(25)13-15/h1-14H,(H,28,30)(H,26,27,29). The van der Waals surface area contributed by atoms with Crippen molar-refractivity contribution in [3.05, 3.63) is 102 Å². The Morgan fingerprint density at radius 1 is 0.800 bits per heavy atom.